The molecule has 0 radical (unpaired) electrons. The normalized spacial score (nSPS) is 24.3. The van der Waals surface area contributed by atoms with Gasteiger partial charge in [-0.25, -0.2) is 0 Å². The lowest BCUT2D eigenvalue weighted by Gasteiger charge is -2.29. The van der Waals surface area contributed by atoms with Crippen molar-refractivity contribution >= 4 is 12.3 Å². The summed E-state index contributed by atoms with van der Waals surface area (Å²) in [6, 6.07) is 0. The highest BCUT2D eigenvalue weighted by molar-refractivity contribution is 5.78. The van der Waals surface area contributed by atoms with Crippen molar-refractivity contribution in [2.24, 2.45) is 0 Å². The molecule has 0 spiro atoms. The molecule has 116 valence electrons. The molecule has 0 N–H and O–H groups in total. The number of nitro groups is 1. The molecule has 0 amide bonds. The van der Waals surface area contributed by atoms with Gasteiger partial charge in [0.15, 0.2) is 6.10 Å². The maximum Gasteiger partial charge on any atom is 0.374 e. The first-order valence-corrected chi connectivity index (χ1v) is 6.24. The van der Waals surface area contributed by atoms with E-state index in [4.69, 9.17) is 9.47 Å². The van der Waals surface area contributed by atoms with Crippen LogP contribution in [-0.2, 0) is 23.8 Å². The fourth-order valence-electron chi connectivity index (χ4n) is 1.89. The van der Waals surface area contributed by atoms with Gasteiger partial charge in [-0.1, -0.05) is 6.08 Å². The van der Waals surface area contributed by atoms with Crippen LogP contribution in [-0.4, -0.2) is 49.8 Å². The van der Waals surface area contributed by atoms with Crippen molar-refractivity contribution in [3.63, 3.8) is 0 Å². The minimum absolute atomic E-state index is 0.118. The molecule has 8 heteroatoms. The SMILES string of the molecule is COC(=O)CCCOC1C=CC(C=O)=CC1(OC)[N+](=O)[O-]. The minimum atomic E-state index is -1.95. The van der Waals surface area contributed by atoms with E-state index in [0.717, 1.165) is 6.08 Å². The van der Waals surface area contributed by atoms with Crippen LogP contribution in [0.4, 0.5) is 0 Å². The number of rotatable bonds is 8. The lowest BCUT2D eigenvalue weighted by Crippen LogP contribution is -2.51. The second-order valence-electron chi connectivity index (χ2n) is 4.31. The number of carbonyl (C=O) groups is 2. The van der Waals surface area contributed by atoms with Crippen LogP contribution in [0.25, 0.3) is 0 Å². The summed E-state index contributed by atoms with van der Waals surface area (Å²) in [6.45, 7) is 0.118. The van der Waals surface area contributed by atoms with Crippen molar-refractivity contribution in [2.45, 2.75) is 24.7 Å². The molecule has 1 aliphatic rings. The summed E-state index contributed by atoms with van der Waals surface area (Å²) < 4.78 is 14.9. The van der Waals surface area contributed by atoms with Crippen LogP contribution in [0, 0.1) is 10.1 Å². The zero-order chi connectivity index (χ0) is 15.9. The van der Waals surface area contributed by atoms with Gasteiger partial charge in [0.05, 0.1) is 12.0 Å². The van der Waals surface area contributed by atoms with E-state index in [1.165, 1.54) is 26.4 Å². The van der Waals surface area contributed by atoms with Crippen LogP contribution >= 0.6 is 0 Å². The van der Waals surface area contributed by atoms with E-state index in [-0.39, 0.29) is 24.6 Å². The van der Waals surface area contributed by atoms with E-state index in [1.807, 2.05) is 0 Å². The Labute approximate surface area is 121 Å². The van der Waals surface area contributed by atoms with E-state index >= 15 is 0 Å². The Morgan fingerprint density at radius 2 is 2.24 bits per heavy atom. The molecule has 0 saturated heterocycles. The third-order valence-corrected chi connectivity index (χ3v) is 3.04. The summed E-state index contributed by atoms with van der Waals surface area (Å²) in [4.78, 5) is 32.4. The molecule has 0 heterocycles. The van der Waals surface area contributed by atoms with Crippen molar-refractivity contribution in [2.75, 3.05) is 20.8 Å². The zero-order valence-electron chi connectivity index (χ0n) is 11.8. The summed E-state index contributed by atoms with van der Waals surface area (Å²) in [7, 11) is 2.45. The molecule has 2 atom stereocenters. The maximum absolute atomic E-state index is 11.3. The number of ether oxygens (including phenoxy) is 3. The van der Waals surface area contributed by atoms with Crippen LogP contribution < -0.4 is 0 Å². The van der Waals surface area contributed by atoms with Gasteiger partial charge in [-0.15, -0.1) is 0 Å². The molecule has 8 nitrogen and oxygen atoms in total. The van der Waals surface area contributed by atoms with E-state index in [0.29, 0.717) is 12.7 Å². The molecule has 1 aliphatic carbocycles. The van der Waals surface area contributed by atoms with Gasteiger partial charge in [0.2, 0.25) is 0 Å². The highest BCUT2D eigenvalue weighted by Crippen LogP contribution is 2.28. The molecule has 0 aliphatic heterocycles. The number of carbonyl (C=O) groups excluding carboxylic acids is 2. The van der Waals surface area contributed by atoms with E-state index in [2.05, 4.69) is 4.74 Å². The van der Waals surface area contributed by atoms with Gasteiger partial charge in [-0.3, -0.25) is 19.7 Å². The van der Waals surface area contributed by atoms with Crippen LogP contribution in [0.3, 0.4) is 0 Å². The molecular weight excluding hydrogens is 282 g/mol. The summed E-state index contributed by atoms with van der Waals surface area (Å²) in [5, 5.41) is 11.3. The van der Waals surface area contributed by atoms with Crippen LogP contribution in [0.15, 0.2) is 23.8 Å². The van der Waals surface area contributed by atoms with Crippen molar-refractivity contribution in [1.82, 2.24) is 0 Å². The average Bonchev–Trinajstić information content (AvgIpc) is 2.50. The minimum Gasteiger partial charge on any atom is -0.469 e. The topological polar surface area (TPSA) is 105 Å². The molecule has 0 aromatic heterocycles. The summed E-state index contributed by atoms with van der Waals surface area (Å²) in [5.74, 6) is -0.381. The standard InChI is InChI=1S/C13H17NO7/c1-19-12(16)4-3-7-21-11-6-5-10(9-15)8-13(11,20-2)14(17)18/h5-6,8-9,11H,3-4,7H2,1-2H3. The van der Waals surface area contributed by atoms with Gasteiger partial charge < -0.3 is 14.2 Å². The predicted molar refractivity (Wildman–Crippen MR) is 71.0 cm³/mol. The molecule has 2 unspecified atom stereocenters. The number of methoxy groups -OCH3 is 2. The lowest BCUT2D eigenvalue weighted by atomic mass is 9.97. The second kappa shape index (κ2) is 7.65. The molecule has 21 heavy (non-hydrogen) atoms. The second-order valence-corrected chi connectivity index (χ2v) is 4.31. The monoisotopic (exact) mass is 299 g/mol. The number of aldehydes is 1. The van der Waals surface area contributed by atoms with Crippen molar-refractivity contribution in [1.29, 1.82) is 0 Å². The van der Waals surface area contributed by atoms with Crippen molar-refractivity contribution < 1.29 is 28.7 Å². The van der Waals surface area contributed by atoms with E-state index < -0.39 is 16.8 Å². The number of allylic oxidation sites excluding steroid dienone is 2. The van der Waals surface area contributed by atoms with Gasteiger partial charge >= 0.3 is 11.7 Å². The number of nitrogens with zero attached hydrogens (tertiary/aromatic N) is 1. The van der Waals surface area contributed by atoms with Crippen LogP contribution in [0.2, 0.25) is 0 Å². The summed E-state index contributed by atoms with van der Waals surface area (Å²) in [6.07, 6.45) is 3.97. The molecule has 0 bridgehead atoms. The molecule has 0 aromatic rings. The molecule has 0 saturated carbocycles. The van der Waals surface area contributed by atoms with Gasteiger partial charge in [-0.2, -0.15) is 0 Å². The highest BCUT2D eigenvalue weighted by atomic mass is 16.7. The van der Waals surface area contributed by atoms with Gasteiger partial charge in [0.1, 0.15) is 6.29 Å². The first-order chi connectivity index (χ1) is 10.00. The highest BCUT2D eigenvalue weighted by Gasteiger charge is 2.51. The fourth-order valence-corrected chi connectivity index (χ4v) is 1.89. The Hall–Kier alpha value is -2.06. The van der Waals surface area contributed by atoms with Crippen LogP contribution in [0.5, 0.6) is 0 Å². The quantitative estimate of drug-likeness (QED) is 0.162. The largest absolute Gasteiger partial charge is 0.469 e. The maximum atomic E-state index is 11.3. The molecule has 0 aromatic carbocycles. The average molecular weight is 299 g/mol. The van der Waals surface area contributed by atoms with E-state index in [9.17, 15) is 19.7 Å². The third kappa shape index (κ3) is 3.96. The number of hydrogen-bond donors (Lipinski definition) is 0. The number of esters is 1. The first kappa shape index (κ1) is 17.0. The Balaban J connectivity index is 2.73. The summed E-state index contributed by atoms with van der Waals surface area (Å²) in [5.41, 5.74) is -1.81. The zero-order valence-corrected chi connectivity index (χ0v) is 11.8. The Kier molecular flexibility index (Phi) is 6.19. The van der Waals surface area contributed by atoms with Crippen molar-refractivity contribution in [3.8, 4) is 0 Å². The first-order valence-electron chi connectivity index (χ1n) is 6.24. The number of hydrogen-bond acceptors (Lipinski definition) is 7. The van der Waals surface area contributed by atoms with Gasteiger partial charge in [-0.05, 0) is 12.5 Å². The van der Waals surface area contributed by atoms with Crippen LogP contribution in [0.1, 0.15) is 12.8 Å². The Bertz CT molecular complexity index is 471. The molecular formula is C13H17NO7. The Morgan fingerprint density at radius 1 is 1.52 bits per heavy atom. The predicted octanol–water partition coefficient (Wildman–Crippen LogP) is 0.639. The Morgan fingerprint density at radius 3 is 2.76 bits per heavy atom. The lowest BCUT2D eigenvalue weighted by molar-refractivity contribution is -0.622. The third-order valence-electron chi connectivity index (χ3n) is 3.04. The fraction of sp³-hybridized carbons (Fsp3) is 0.538. The molecule has 0 fully saturated rings. The smallest absolute Gasteiger partial charge is 0.374 e. The van der Waals surface area contributed by atoms with Gasteiger partial charge in [0.25, 0.3) is 0 Å². The molecule has 1 rings (SSSR count). The van der Waals surface area contributed by atoms with E-state index in [1.54, 1.807) is 0 Å². The summed E-state index contributed by atoms with van der Waals surface area (Å²) >= 11 is 0. The van der Waals surface area contributed by atoms with Gasteiger partial charge in [0, 0.05) is 31.8 Å². The van der Waals surface area contributed by atoms with Crippen molar-refractivity contribution in [3.05, 3.63) is 33.9 Å².